The highest BCUT2D eigenvalue weighted by atomic mass is 19.1. The van der Waals surface area contributed by atoms with Crippen molar-refractivity contribution in [2.45, 2.75) is 32.2 Å². The second-order valence-electron chi connectivity index (χ2n) is 8.09. The van der Waals surface area contributed by atoms with E-state index in [1.54, 1.807) is 11.1 Å². The van der Waals surface area contributed by atoms with Gasteiger partial charge in [0.15, 0.2) is 0 Å². The van der Waals surface area contributed by atoms with E-state index in [4.69, 9.17) is 0 Å². The van der Waals surface area contributed by atoms with E-state index < -0.39 is 0 Å². The molecule has 1 saturated heterocycles. The van der Waals surface area contributed by atoms with Gasteiger partial charge in [0.05, 0.1) is 17.9 Å². The lowest BCUT2D eigenvalue weighted by Crippen LogP contribution is -2.43. The molecule has 1 fully saturated rings. The zero-order valence-corrected chi connectivity index (χ0v) is 18.1. The van der Waals surface area contributed by atoms with Gasteiger partial charge in [0, 0.05) is 24.6 Å². The van der Waals surface area contributed by atoms with Crippen LogP contribution in [0.25, 0.3) is 11.3 Å². The number of nitrogens with one attached hydrogen (secondary N) is 2. The number of carbonyl (C=O) groups is 2. The molecule has 2 N–H and O–H groups in total. The Bertz CT molecular complexity index is 1060. The first-order chi connectivity index (χ1) is 15.5. The third-order valence-corrected chi connectivity index (χ3v) is 5.98. The standard InChI is InChI=1S/C25H27FN4O2/c1-2-21(23-27-16-22(28-23)17-6-4-3-5-7-17)29-24(31)18-12-14-30(15-13-18)25(32)19-8-10-20(26)11-9-19/h3-11,16,18,21H,2,12-15H2,1H3,(H,27,28)(H,29,31). The van der Waals surface area contributed by atoms with Crippen molar-refractivity contribution in [2.24, 2.45) is 5.92 Å². The Morgan fingerprint density at radius 2 is 1.81 bits per heavy atom. The van der Waals surface area contributed by atoms with Gasteiger partial charge in [-0.3, -0.25) is 9.59 Å². The number of hydrogen-bond donors (Lipinski definition) is 2. The maximum absolute atomic E-state index is 13.1. The van der Waals surface area contributed by atoms with Crippen molar-refractivity contribution in [1.82, 2.24) is 20.2 Å². The first kappa shape index (κ1) is 21.7. The minimum absolute atomic E-state index is 0.0107. The molecule has 0 radical (unpaired) electrons. The molecule has 2 heterocycles. The van der Waals surface area contributed by atoms with Crippen LogP contribution in [0.1, 0.15) is 48.4 Å². The van der Waals surface area contributed by atoms with Crippen LogP contribution < -0.4 is 5.32 Å². The Kier molecular flexibility index (Phi) is 6.63. The molecular formula is C25H27FN4O2. The van der Waals surface area contributed by atoms with Crippen LogP contribution in [0.5, 0.6) is 0 Å². The number of nitrogens with zero attached hydrogens (tertiary/aromatic N) is 2. The fraction of sp³-hybridized carbons (Fsp3) is 0.320. The van der Waals surface area contributed by atoms with Gasteiger partial charge in [-0.1, -0.05) is 37.3 Å². The topological polar surface area (TPSA) is 78.1 Å². The number of benzene rings is 2. The Labute approximate surface area is 186 Å². The highest BCUT2D eigenvalue weighted by Gasteiger charge is 2.29. The molecule has 7 heteroatoms. The maximum Gasteiger partial charge on any atom is 0.253 e. The van der Waals surface area contributed by atoms with E-state index in [0.29, 0.717) is 31.5 Å². The van der Waals surface area contributed by atoms with Gasteiger partial charge in [-0.25, -0.2) is 9.37 Å². The van der Waals surface area contributed by atoms with Crippen molar-refractivity contribution in [3.05, 3.63) is 78.0 Å². The average Bonchev–Trinajstić information content (AvgIpc) is 3.33. The zero-order chi connectivity index (χ0) is 22.5. The Balaban J connectivity index is 1.33. The SMILES string of the molecule is CCC(NC(=O)C1CCN(C(=O)c2ccc(F)cc2)CC1)c1ncc(-c2ccccc2)[nH]1. The third kappa shape index (κ3) is 4.88. The summed E-state index contributed by atoms with van der Waals surface area (Å²) in [7, 11) is 0. The smallest absolute Gasteiger partial charge is 0.253 e. The number of piperidine rings is 1. The van der Waals surface area contributed by atoms with Crippen molar-refractivity contribution >= 4 is 11.8 Å². The summed E-state index contributed by atoms with van der Waals surface area (Å²) < 4.78 is 13.1. The van der Waals surface area contributed by atoms with Gasteiger partial charge in [-0.15, -0.1) is 0 Å². The molecule has 1 atom stereocenters. The predicted molar refractivity (Wildman–Crippen MR) is 120 cm³/mol. The van der Waals surface area contributed by atoms with E-state index in [1.165, 1.54) is 24.3 Å². The molecule has 4 rings (SSSR count). The van der Waals surface area contributed by atoms with Crippen LogP contribution in [0.4, 0.5) is 4.39 Å². The van der Waals surface area contributed by atoms with Gasteiger partial charge >= 0.3 is 0 Å². The lowest BCUT2D eigenvalue weighted by atomic mass is 9.95. The molecule has 1 aliphatic heterocycles. The normalized spacial score (nSPS) is 15.4. The van der Waals surface area contributed by atoms with E-state index in [9.17, 15) is 14.0 Å². The summed E-state index contributed by atoms with van der Waals surface area (Å²) in [4.78, 5) is 35.1. The summed E-state index contributed by atoms with van der Waals surface area (Å²) in [5, 5.41) is 3.12. The van der Waals surface area contributed by atoms with E-state index in [2.05, 4.69) is 15.3 Å². The zero-order valence-electron chi connectivity index (χ0n) is 18.1. The van der Waals surface area contributed by atoms with Gasteiger partial charge in [0.2, 0.25) is 5.91 Å². The number of rotatable bonds is 6. The second-order valence-corrected chi connectivity index (χ2v) is 8.09. The molecule has 0 bridgehead atoms. The second kappa shape index (κ2) is 9.77. The molecule has 0 spiro atoms. The number of halogens is 1. The number of amides is 2. The van der Waals surface area contributed by atoms with Crippen molar-refractivity contribution < 1.29 is 14.0 Å². The van der Waals surface area contributed by atoms with Gasteiger partial charge in [-0.2, -0.15) is 0 Å². The summed E-state index contributed by atoms with van der Waals surface area (Å²) in [6.45, 7) is 3.02. The predicted octanol–water partition coefficient (Wildman–Crippen LogP) is 4.34. The van der Waals surface area contributed by atoms with Crippen LogP contribution in [-0.2, 0) is 4.79 Å². The van der Waals surface area contributed by atoms with Gasteiger partial charge in [-0.05, 0) is 49.1 Å². The van der Waals surface area contributed by atoms with Gasteiger partial charge < -0.3 is 15.2 Å². The fourth-order valence-electron chi connectivity index (χ4n) is 4.05. The monoisotopic (exact) mass is 434 g/mol. The Morgan fingerprint density at radius 3 is 2.47 bits per heavy atom. The van der Waals surface area contributed by atoms with Crippen LogP contribution in [0, 0.1) is 11.7 Å². The fourth-order valence-corrected chi connectivity index (χ4v) is 4.05. The molecule has 166 valence electrons. The van der Waals surface area contributed by atoms with Crippen molar-refractivity contribution in [3.63, 3.8) is 0 Å². The maximum atomic E-state index is 13.1. The molecular weight excluding hydrogens is 407 g/mol. The molecule has 1 aromatic heterocycles. The summed E-state index contributed by atoms with van der Waals surface area (Å²) in [6.07, 6.45) is 3.71. The highest BCUT2D eigenvalue weighted by Crippen LogP contribution is 2.23. The van der Waals surface area contributed by atoms with Crippen molar-refractivity contribution in [3.8, 4) is 11.3 Å². The Morgan fingerprint density at radius 1 is 1.12 bits per heavy atom. The van der Waals surface area contributed by atoms with Gasteiger partial charge in [0.1, 0.15) is 11.6 Å². The number of aromatic amines is 1. The Hall–Kier alpha value is -3.48. The first-order valence-corrected chi connectivity index (χ1v) is 11.0. The number of carbonyl (C=O) groups excluding carboxylic acids is 2. The molecule has 1 aliphatic rings. The molecule has 2 aromatic carbocycles. The van der Waals surface area contributed by atoms with E-state index >= 15 is 0 Å². The molecule has 3 aromatic rings. The number of hydrogen-bond acceptors (Lipinski definition) is 3. The van der Waals surface area contributed by atoms with Crippen LogP contribution in [0.2, 0.25) is 0 Å². The number of aromatic nitrogens is 2. The van der Waals surface area contributed by atoms with Crippen LogP contribution in [0.15, 0.2) is 60.8 Å². The highest BCUT2D eigenvalue weighted by molar-refractivity contribution is 5.94. The van der Waals surface area contributed by atoms with Crippen molar-refractivity contribution in [1.29, 1.82) is 0 Å². The number of H-pyrrole nitrogens is 1. The molecule has 1 unspecified atom stereocenters. The van der Waals surface area contributed by atoms with E-state index in [1.807, 2.05) is 37.3 Å². The van der Waals surface area contributed by atoms with Gasteiger partial charge in [0.25, 0.3) is 5.91 Å². The largest absolute Gasteiger partial charge is 0.346 e. The lowest BCUT2D eigenvalue weighted by Gasteiger charge is -2.32. The van der Waals surface area contributed by atoms with Crippen molar-refractivity contribution in [2.75, 3.05) is 13.1 Å². The minimum Gasteiger partial charge on any atom is -0.346 e. The molecule has 32 heavy (non-hydrogen) atoms. The lowest BCUT2D eigenvalue weighted by molar-refractivity contribution is -0.127. The summed E-state index contributed by atoms with van der Waals surface area (Å²) in [5.74, 6) is 0.0890. The first-order valence-electron chi connectivity index (χ1n) is 11.0. The summed E-state index contributed by atoms with van der Waals surface area (Å²) in [6, 6.07) is 15.3. The quantitative estimate of drug-likeness (QED) is 0.606. The summed E-state index contributed by atoms with van der Waals surface area (Å²) in [5.41, 5.74) is 2.43. The van der Waals surface area contributed by atoms with Crippen LogP contribution in [0.3, 0.4) is 0 Å². The number of likely N-dealkylation sites (tertiary alicyclic amines) is 1. The average molecular weight is 435 g/mol. The minimum atomic E-state index is -0.366. The summed E-state index contributed by atoms with van der Waals surface area (Å²) >= 11 is 0. The van der Waals surface area contributed by atoms with Crippen LogP contribution >= 0.6 is 0 Å². The van der Waals surface area contributed by atoms with Crippen LogP contribution in [-0.4, -0.2) is 39.8 Å². The molecule has 0 aliphatic carbocycles. The molecule has 2 amide bonds. The van der Waals surface area contributed by atoms with E-state index in [-0.39, 0.29) is 29.6 Å². The number of imidazole rings is 1. The molecule has 6 nitrogen and oxygen atoms in total. The third-order valence-electron chi connectivity index (χ3n) is 5.98. The van der Waals surface area contributed by atoms with E-state index in [0.717, 1.165) is 23.5 Å². The molecule has 0 saturated carbocycles.